The number of nitrogens with zero attached hydrogens (tertiary/aromatic N) is 1. The van der Waals surface area contributed by atoms with E-state index in [0.717, 1.165) is 0 Å². The van der Waals surface area contributed by atoms with Gasteiger partial charge >= 0.3 is 8.25 Å². The van der Waals surface area contributed by atoms with Crippen LogP contribution in [0.4, 0.5) is 0 Å². The standard InChI is InChI=1S/C3H4NO4P/c1-3(4-5)2-8-9(6)7/h1-2H2/p+1. The Morgan fingerprint density at radius 1 is 1.89 bits per heavy atom. The van der Waals surface area contributed by atoms with Crippen molar-refractivity contribution in [3.8, 4) is 0 Å². The van der Waals surface area contributed by atoms with E-state index in [1.54, 1.807) is 0 Å². The van der Waals surface area contributed by atoms with Gasteiger partial charge in [0.15, 0.2) is 6.61 Å². The fourth-order valence-corrected chi connectivity index (χ4v) is 0.416. The Kier molecular flexibility index (Phi) is 3.96. The Hall–Kier alpha value is -0.640. The van der Waals surface area contributed by atoms with Crippen molar-refractivity contribution >= 4 is 8.25 Å². The lowest BCUT2D eigenvalue weighted by Crippen LogP contribution is -1.85. The van der Waals surface area contributed by atoms with Gasteiger partial charge < -0.3 is 0 Å². The van der Waals surface area contributed by atoms with Gasteiger partial charge in [-0.2, -0.15) is 0 Å². The molecule has 0 aromatic heterocycles. The second-order valence-electron chi connectivity index (χ2n) is 1.17. The summed E-state index contributed by atoms with van der Waals surface area (Å²) in [6.07, 6.45) is 0. The molecule has 0 saturated heterocycles. The zero-order valence-corrected chi connectivity index (χ0v) is 5.38. The summed E-state index contributed by atoms with van der Waals surface area (Å²) in [6.45, 7) is 2.80. The highest BCUT2D eigenvalue weighted by Gasteiger charge is 2.11. The van der Waals surface area contributed by atoms with Crippen LogP contribution in [0.2, 0.25) is 0 Å². The Bertz CT molecular complexity index is 145. The molecule has 0 fully saturated rings. The summed E-state index contributed by atoms with van der Waals surface area (Å²) in [7, 11) is -2.65. The van der Waals surface area contributed by atoms with Crippen molar-refractivity contribution in [1.29, 1.82) is 0 Å². The normalized spacial score (nSPS) is 10.6. The quantitative estimate of drug-likeness (QED) is 0.477. The van der Waals surface area contributed by atoms with Crippen LogP contribution in [-0.2, 0) is 9.09 Å². The maximum absolute atomic E-state index is 9.76. The SMILES string of the molecule is C=C(CO[P+](=O)O)N=O. The minimum atomic E-state index is -2.65. The van der Waals surface area contributed by atoms with Gasteiger partial charge in [-0.05, 0) is 5.18 Å². The average Bonchev–Trinajstić information content (AvgIpc) is 1.83. The highest BCUT2D eigenvalue weighted by molar-refractivity contribution is 7.32. The van der Waals surface area contributed by atoms with E-state index in [2.05, 4.69) is 16.3 Å². The van der Waals surface area contributed by atoms with E-state index in [1.807, 2.05) is 0 Å². The van der Waals surface area contributed by atoms with E-state index in [-0.39, 0.29) is 12.3 Å². The predicted octanol–water partition coefficient (Wildman–Crippen LogP) is 0.933. The van der Waals surface area contributed by atoms with E-state index < -0.39 is 8.25 Å². The van der Waals surface area contributed by atoms with E-state index >= 15 is 0 Å². The van der Waals surface area contributed by atoms with Crippen molar-refractivity contribution in [1.82, 2.24) is 0 Å². The first kappa shape index (κ1) is 8.36. The molecular formula is C3H5NO4P+. The Morgan fingerprint density at radius 2 is 2.44 bits per heavy atom. The second kappa shape index (κ2) is 4.26. The maximum atomic E-state index is 9.76. The minimum absolute atomic E-state index is 0.104. The summed E-state index contributed by atoms with van der Waals surface area (Å²) >= 11 is 0. The molecule has 1 N–H and O–H groups in total. The minimum Gasteiger partial charge on any atom is -0.145 e. The molecule has 0 saturated carbocycles. The smallest absolute Gasteiger partial charge is 0.145 e. The molecule has 9 heavy (non-hydrogen) atoms. The van der Waals surface area contributed by atoms with Crippen molar-refractivity contribution in [3.63, 3.8) is 0 Å². The Morgan fingerprint density at radius 3 is 2.78 bits per heavy atom. The summed E-state index contributed by atoms with van der Waals surface area (Å²) in [5, 5.41) is 2.35. The van der Waals surface area contributed by atoms with Crippen molar-refractivity contribution in [2.24, 2.45) is 5.18 Å². The molecule has 0 radical (unpaired) electrons. The van der Waals surface area contributed by atoms with Crippen LogP contribution in [0.3, 0.4) is 0 Å². The lowest BCUT2D eigenvalue weighted by atomic mass is 10.6. The molecule has 0 rings (SSSR count). The van der Waals surface area contributed by atoms with E-state index in [4.69, 9.17) is 4.89 Å². The molecule has 0 aliphatic heterocycles. The summed E-state index contributed by atoms with van der Waals surface area (Å²) < 4.78 is 13.8. The first-order chi connectivity index (χ1) is 4.16. The third-order valence-corrected chi connectivity index (χ3v) is 0.821. The van der Waals surface area contributed by atoms with Gasteiger partial charge in [-0.3, -0.25) is 0 Å². The second-order valence-corrected chi connectivity index (χ2v) is 1.90. The number of hydrogen-bond acceptors (Lipinski definition) is 4. The number of nitroso groups, excluding NO2 is 1. The number of rotatable bonds is 4. The summed E-state index contributed by atoms with van der Waals surface area (Å²) in [5.41, 5.74) is -0.104. The zero-order valence-electron chi connectivity index (χ0n) is 4.48. The molecule has 0 aromatic rings. The first-order valence-electron chi connectivity index (χ1n) is 1.97. The molecule has 0 bridgehead atoms. The molecular weight excluding hydrogens is 145 g/mol. The predicted molar refractivity (Wildman–Crippen MR) is 30.7 cm³/mol. The van der Waals surface area contributed by atoms with Gasteiger partial charge in [-0.15, -0.1) is 14.3 Å². The summed E-state index contributed by atoms with van der Waals surface area (Å²) in [6, 6.07) is 0. The van der Waals surface area contributed by atoms with Crippen LogP contribution >= 0.6 is 8.25 Å². The Balaban J connectivity index is 3.39. The van der Waals surface area contributed by atoms with Crippen LogP contribution in [0, 0.1) is 4.91 Å². The van der Waals surface area contributed by atoms with Crippen LogP contribution in [0.15, 0.2) is 17.5 Å². The molecule has 0 aliphatic carbocycles. The van der Waals surface area contributed by atoms with Crippen LogP contribution < -0.4 is 0 Å². The maximum Gasteiger partial charge on any atom is 0.695 e. The van der Waals surface area contributed by atoms with Gasteiger partial charge in [0.1, 0.15) is 5.70 Å². The molecule has 1 unspecified atom stereocenters. The van der Waals surface area contributed by atoms with Crippen molar-refractivity contribution in [3.05, 3.63) is 17.2 Å². The van der Waals surface area contributed by atoms with Gasteiger partial charge in [0.05, 0.1) is 0 Å². The van der Waals surface area contributed by atoms with Crippen molar-refractivity contribution < 1.29 is 14.0 Å². The topological polar surface area (TPSA) is 76.0 Å². The highest BCUT2D eigenvalue weighted by Crippen LogP contribution is 2.15. The first-order valence-corrected chi connectivity index (χ1v) is 3.10. The van der Waals surface area contributed by atoms with E-state index in [1.165, 1.54) is 0 Å². The average molecular weight is 150 g/mol. The number of hydrogen-bond donors (Lipinski definition) is 1. The highest BCUT2D eigenvalue weighted by atomic mass is 31.1. The third-order valence-electron chi connectivity index (χ3n) is 0.471. The fraction of sp³-hybridized carbons (Fsp3) is 0.333. The van der Waals surface area contributed by atoms with Gasteiger partial charge in [0.2, 0.25) is 0 Å². The third kappa shape index (κ3) is 5.23. The zero-order chi connectivity index (χ0) is 7.28. The lowest BCUT2D eigenvalue weighted by molar-refractivity contribution is 0.305. The van der Waals surface area contributed by atoms with Gasteiger partial charge in [0, 0.05) is 4.57 Å². The summed E-state index contributed by atoms with van der Waals surface area (Å²) in [5.74, 6) is 0. The van der Waals surface area contributed by atoms with Crippen LogP contribution in [0.1, 0.15) is 0 Å². The Labute approximate surface area is 52.3 Å². The molecule has 0 amide bonds. The molecule has 1 atom stereocenters. The molecule has 6 heteroatoms. The summed E-state index contributed by atoms with van der Waals surface area (Å²) in [4.78, 5) is 17.5. The van der Waals surface area contributed by atoms with Crippen LogP contribution in [-0.4, -0.2) is 11.5 Å². The van der Waals surface area contributed by atoms with Crippen molar-refractivity contribution in [2.75, 3.05) is 6.61 Å². The lowest BCUT2D eigenvalue weighted by Gasteiger charge is -1.81. The van der Waals surface area contributed by atoms with Crippen LogP contribution in [0.25, 0.3) is 0 Å². The monoisotopic (exact) mass is 150 g/mol. The van der Waals surface area contributed by atoms with Gasteiger partial charge in [-0.1, -0.05) is 6.58 Å². The van der Waals surface area contributed by atoms with Crippen LogP contribution in [0.5, 0.6) is 0 Å². The molecule has 0 aromatic carbocycles. The molecule has 0 aliphatic rings. The molecule has 0 spiro atoms. The molecule has 0 heterocycles. The van der Waals surface area contributed by atoms with E-state index in [9.17, 15) is 9.47 Å². The van der Waals surface area contributed by atoms with Gasteiger partial charge in [0.25, 0.3) is 0 Å². The van der Waals surface area contributed by atoms with Crippen molar-refractivity contribution in [2.45, 2.75) is 0 Å². The molecule has 5 nitrogen and oxygen atoms in total. The molecule has 50 valence electrons. The largest absolute Gasteiger partial charge is 0.695 e. The van der Waals surface area contributed by atoms with Gasteiger partial charge in [-0.25, -0.2) is 0 Å². The van der Waals surface area contributed by atoms with E-state index in [0.29, 0.717) is 0 Å². The fourth-order valence-electron chi connectivity index (χ4n) is 0.156.